The van der Waals surface area contributed by atoms with Gasteiger partial charge in [0.25, 0.3) is 0 Å². The van der Waals surface area contributed by atoms with Crippen LogP contribution in [0.1, 0.15) is 28.8 Å². The molecule has 0 fully saturated rings. The van der Waals surface area contributed by atoms with Gasteiger partial charge in [0.05, 0.1) is 28.8 Å². The van der Waals surface area contributed by atoms with Crippen molar-refractivity contribution in [2.24, 2.45) is 0 Å². The second-order valence-corrected chi connectivity index (χ2v) is 7.32. The zero-order valence-electron chi connectivity index (χ0n) is 39.2. The average Bonchev–Trinajstić information content (AvgIpc) is 3.60. The van der Waals surface area contributed by atoms with Gasteiger partial charge < -0.3 is 4.42 Å². The Morgan fingerprint density at radius 2 is 1.00 bits per heavy atom. The highest BCUT2D eigenvalue weighted by Gasteiger charge is 2.16. The number of para-hydroxylation sites is 1. The number of fused-ring (bicyclic) bond motifs is 3. The zero-order chi connectivity index (χ0) is 42.9. The molecule has 0 N–H and O–H groups in total. The van der Waals surface area contributed by atoms with Crippen molar-refractivity contribution in [3.63, 3.8) is 0 Å². The minimum Gasteiger partial charge on any atom is -0.455 e. The summed E-state index contributed by atoms with van der Waals surface area (Å²) in [4.78, 5) is 12.6. The number of rotatable bonds is 4. The molecule has 0 aliphatic rings. The van der Waals surface area contributed by atoms with Gasteiger partial charge in [-0.15, -0.1) is 0 Å². The monoisotopic (exact) mass is 496 g/mol. The fourth-order valence-corrected chi connectivity index (χ4v) is 3.51. The molecule has 0 unspecified atom stereocenters. The van der Waals surface area contributed by atoms with E-state index in [9.17, 15) is 1.37 Å². The zero-order valence-corrected chi connectivity index (χ0v) is 18.2. The summed E-state index contributed by atoms with van der Waals surface area (Å²) in [7, 11) is 0. The lowest BCUT2D eigenvalue weighted by Crippen LogP contribution is -2.00. The SMILES string of the molecule is [2H]c1c([2H])c([2H])c(-c2nc(-c3c([2H])c([2H])c([2H])c([2H])c3[2H])nc(-c3c([2H])c([2H])c4c(oc5c(-c6c([2H])c([2H])c([2H])c([2H])c6[2H])c([2H])c([2H])c([2H])c54)c3[2H])n2)c([2H])c1[2H]. The summed E-state index contributed by atoms with van der Waals surface area (Å²) >= 11 is 0. The molecule has 37 heavy (non-hydrogen) atoms. The Morgan fingerprint density at radius 1 is 0.459 bits per heavy atom. The molecule has 7 aromatic rings. The summed E-state index contributed by atoms with van der Waals surface area (Å²) in [6.45, 7) is 0. The fraction of sp³-hybridized carbons (Fsp3) is 0. The van der Waals surface area contributed by atoms with Gasteiger partial charge in [-0.2, -0.15) is 0 Å². The first-order chi connectivity index (χ1) is 27.1. The first kappa shape index (κ1) is 8.79. The minimum absolute atomic E-state index is 0.411. The topological polar surface area (TPSA) is 51.8 Å². The molecule has 0 bridgehead atoms. The highest BCUT2D eigenvalue weighted by atomic mass is 16.3. The molecule has 0 aliphatic heterocycles. The highest BCUT2D eigenvalue weighted by Crippen LogP contribution is 2.37. The first-order valence-corrected chi connectivity index (χ1v) is 10.5. The van der Waals surface area contributed by atoms with Crippen LogP contribution in [0.2, 0.25) is 0 Å². The number of benzene rings is 5. The summed E-state index contributed by atoms with van der Waals surface area (Å²) in [5.74, 6) is -2.16. The molecule has 2 heterocycles. The van der Waals surface area contributed by atoms with Crippen LogP contribution in [0, 0.1) is 0 Å². The van der Waals surface area contributed by atoms with Crippen molar-refractivity contribution < 1.29 is 33.2 Å². The summed E-state index contributed by atoms with van der Waals surface area (Å²) < 4.78 is 184. The number of hydrogen-bond donors (Lipinski definition) is 0. The maximum absolute atomic E-state index is 9.26. The summed E-state index contributed by atoms with van der Waals surface area (Å²) in [6.07, 6.45) is 0. The molecule has 0 aliphatic carbocycles. The highest BCUT2D eigenvalue weighted by molar-refractivity contribution is 6.10. The quantitative estimate of drug-likeness (QED) is 0.245. The van der Waals surface area contributed by atoms with Crippen LogP contribution in [0.4, 0.5) is 0 Å². The number of hydrogen-bond acceptors (Lipinski definition) is 4. The predicted octanol–water partition coefficient (Wildman–Crippen LogP) is 8.44. The van der Waals surface area contributed by atoms with Gasteiger partial charge in [0.2, 0.25) is 0 Å². The van der Waals surface area contributed by atoms with E-state index in [2.05, 4.69) is 15.0 Å². The molecule has 4 nitrogen and oxygen atoms in total. The number of nitrogens with zero attached hydrogens (tertiary/aromatic N) is 3. The number of aromatic nitrogens is 3. The smallest absolute Gasteiger partial charge is 0.164 e. The van der Waals surface area contributed by atoms with Crippen molar-refractivity contribution in [1.29, 1.82) is 0 Å². The van der Waals surface area contributed by atoms with Crippen LogP contribution < -0.4 is 0 Å². The van der Waals surface area contributed by atoms with Gasteiger partial charge in [-0.05, 0) is 17.6 Å². The summed E-state index contributed by atoms with van der Waals surface area (Å²) in [5.41, 5.74) is -4.17. The average molecular weight is 497 g/mol. The van der Waals surface area contributed by atoms with Crippen molar-refractivity contribution in [2.45, 2.75) is 0 Å². The Labute approximate surface area is 243 Å². The second kappa shape index (κ2) is 8.85. The van der Waals surface area contributed by atoms with Crippen LogP contribution in [0.15, 0.2) is 131 Å². The van der Waals surface area contributed by atoms with E-state index in [1.165, 1.54) is 0 Å². The molecule has 0 saturated heterocycles. The molecule has 0 radical (unpaired) electrons. The van der Waals surface area contributed by atoms with Crippen molar-refractivity contribution in [3.05, 3.63) is 127 Å². The second-order valence-electron chi connectivity index (χ2n) is 7.32. The lowest BCUT2D eigenvalue weighted by Gasteiger charge is -2.08. The Balaban J connectivity index is 1.65. The summed E-state index contributed by atoms with van der Waals surface area (Å²) in [6, 6.07) is -16.8. The fourth-order valence-electron chi connectivity index (χ4n) is 3.51. The van der Waals surface area contributed by atoms with E-state index >= 15 is 0 Å². The Bertz CT molecular complexity index is 2860. The molecule has 4 heteroatoms. The Kier molecular flexibility index (Phi) is 2.10. The van der Waals surface area contributed by atoms with E-state index in [-0.39, 0.29) is 0 Å². The lowest BCUT2D eigenvalue weighted by molar-refractivity contribution is 0.670. The minimum atomic E-state index is -0.851. The Hall–Kier alpha value is -5.09. The molecule has 0 atom stereocenters. The van der Waals surface area contributed by atoms with Crippen molar-refractivity contribution in [2.75, 3.05) is 0 Å². The lowest BCUT2D eigenvalue weighted by atomic mass is 10.0. The van der Waals surface area contributed by atoms with Crippen LogP contribution in [0.25, 0.3) is 67.2 Å². The first-order valence-electron chi connectivity index (χ1n) is 21.0. The predicted molar refractivity (Wildman–Crippen MR) is 149 cm³/mol. The van der Waals surface area contributed by atoms with Gasteiger partial charge >= 0.3 is 0 Å². The molecule has 2 aromatic heterocycles. The molecule has 174 valence electrons. The summed E-state index contributed by atoms with van der Waals surface area (Å²) in [5, 5.41) is -0.835. The van der Waals surface area contributed by atoms with Crippen molar-refractivity contribution >= 4 is 21.9 Å². The van der Waals surface area contributed by atoms with Crippen LogP contribution in [-0.2, 0) is 0 Å². The standard InChI is InChI=1S/C33H21N3O/c1-4-11-22(12-5-1)26-17-10-18-28-27-20-19-25(21-29(27)37-30(26)28)33-35-31(23-13-6-2-7-14-23)34-32(36-33)24-15-8-3-9-16-24/h1-21H/i1D,2D,3D,4D,5D,6D,7D,8D,9D,10D,11D,12D,13D,14D,15D,16D,17D,18D,19D,20D,21D. The van der Waals surface area contributed by atoms with Crippen LogP contribution >= 0.6 is 0 Å². The maximum Gasteiger partial charge on any atom is 0.164 e. The van der Waals surface area contributed by atoms with Crippen LogP contribution in [0.5, 0.6) is 0 Å². The molecule has 0 spiro atoms. The van der Waals surface area contributed by atoms with E-state index in [4.69, 9.17) is 31.8 Å². The van der Waals surface area contributed by atoms with E-state index in [1.54, 1.807) is 0 Å². The van der Waals surface area contributed by atoms with Crippen LogP contribution in [0.3, 0.4) is 0 Å². The van der Waals surface area contributed by atoms with Gasteiger partial charge in [-0.3, -0.25) is 0 Å². The van der Waals surface area contributed by atoms with Crippen molar-refractivity contribution in [1.82, 2.24) is 15.0 Å². The van der Waals surface area contributed by atoms with Gasteiger partial charge in [0, 0.05) is 33.0 Å². The molecule has 0 saturated carbocycles. The molecule has 0 amide bonds. The molecule has 7 rings (SSSR count). The van der Waals surface area contributed by atoms with Gasteiger partial charge in [-0.25, -0.2) is 15.0 Å². The van der Waals surface area contributed by atoms with E-state index in [1.807, 2.05) is 0 Å². The third kappa shape index (κ3) is 3.85. The van der Waals surface area contributed by atoms with E-state index in [0.29, 0.717) is 0 Å². The van der Waals surface area contributed by atoms with Gasteiger partial charge in [0.15, 0.2) is 17.5 Å². The molecule has 5 aromatic carbocycles. The number of furan rings is 1. The van der Waals surface area contributed by atoms with Gasteiger partial charge in [0.1, 0.15) is 11.2 Å². The van der Waals surface area contributed by atoms with Crippen molar-refractivity contribution in [3.8, 4) is 45.3 Å². The maximum atomic E-state index is 9.26. The van der Waals surface area contributed by atoms with Crippen LogP contribution in [-0.4, -0.2) is 15.0 Å². The normalized spacial score (nSPS) is 19.2. The van der Waals surface area contributed by atoms with Gasteiger partial charge in [-0.1, -0.05) is 115 Å². The van der Waals surface area contributed by atoms with E-state index < -0.39 is 194 Å². The largest absolute Gasteiger partial charge is 0.455 e. The van der Waals surface area contributed by atoms with E-state index in [0.717, 1.165) is 0 Å². The molecular formula is C33H21N3O. The third-order valence-corrected chi connectivity index (χ3v) is 5.12. The Morgan fingerprint density at radius 3 is 1.59 bits per heavy atom. The molecular weight excluding hydrogens is 454 g/mol. The third-order valence-electron chi connectivity index (χ3n) is 5.12.